The minimum atomic E-state index is 0.250. The molecular formula is C17H16N6O2. The number of nitrogens with one attached hydrogen (secondary N) is 3. The molecule has 1 aliphatic rings. The van der Waals surface area contributed by atoms with E-state index in [0.29, 0.717) is 30.6 Å². The molecule has 0 bridgehead atoms. The highest BCUT2D eigenvalue weighted by Crippen LogP contribution is 2.27. The number of benzene rings is 1. The Labute approximate surface area is 142 Å². The molecule has 4 heterocycles. The fourth-order valence-electron chi connectivity index (χ4n) is 2.89. The highest BCUT2D eigenvalue weighted by Gasteiger charge is 2.21. The van der Waals surface area contributed by atoms with Crippen LogP contribution in [-0.4, -0.2) is 39.4 Å². The minimum Gasteiger partial charge on any atom is -0.459 e. The smallest absolute Gasteiger partial charge is 0.229 e. The third-order valence-electron chi connectivity index (χ3n) is 4.29. The first-order valence-corrected chi connectivity index (χ1v) is 8.07. The number of fused-ring (bicyclic) bond motifs is 2. The highest BCUT2D eigenvalue weighted by atomic mass is 16.5. The molecule has 0 unspecified atom stereocenters. The molecule has 0 atom stereocenters. The Bertz CT molecular complexity index is 1070. The van der Waals surface area contributed by atoms with E-state index >= 15 is 0 Å². The average molecular weight is 336 g/mol. The van der Waals surface area contributed by atoms with Crippen LogP contribution in [0.3, 0.4) is 0 Å². The van der Waals surface area contributed by atoms with Gasteiger partial charge in [0.15, 0.2) is 11.4 Å². The monoisotopic (exact) mass is 336 g/mol. The van der Waals surface area contributed by atoms with Gasteiger partial charge < -0.3 is 19.8 Å². The van der Waals surface area contributed by atoms with Crippen molar-refractivity contribution in [2.24, 2.45) is 0 Å². The maximum atomic E-state index is 5.51. The summed E-state index contributed by atoms with van der Waals surface area (Å²) in [6, 6.07) is 8.08. The molecule has 1 aromatic carbocycles. The van der Waals surface area contributed by atoms with Crippen LogP contribution in [0.4, 0.5) is 17.5 Å². The van der Waals surface area contributed by atoms with Crippen LogP contribution in [0.15, 0.2) is 34.9 Å². The van der Waals surface area contributed by atoms with Crippen LogP contribution in [0, 0.1) is 6.92 Å². The molecule has 3 aromatic heterocycles. The SMILES string of the molecule is Cc1n[nH]c2cc(Nc3nc(NC4COC4)c4occc4n3)ccc12. The van der Waals surface area contributed by atoms with Gasteiger partial charge in [-0.2, -0.15) is 10.1 Å². The van der Waals surface area contributed by atoms with Crippen LogP contribution in [0.25, 0.3) is 22.0 Å². The van der Waals surface area contributed by atoms with E-state index in [1.165, 1.54) is 0 Å². The first kappa shape index (κ1) is 14.2. The summed E-state index contributed by atoms with van der Waals surface area (Å²) in [7, 11) is 0. The van der Waals surface area contributed by atoms with Gasteiger partial charge in [0.1, 0.15) is 5.52 Å². The molecule has 1 fully saturated rings. The molecule has 4 aromatic rings. The average Bonchev–Trinajstić information content (AvgIpc) is 3.18. The molecule has 5 rings (SSSR count). The van der Waals surface area contributed by atoms with Crippen molar-refractivity contribution >= 4 is 39.5 Å². The molecule has 0 saturated carbocycles. The van der Waals surface area contributed by atoms with Gasteiger partial charge in [-0.1, -0.05) is 0 Å². The van der Waals surface area contributed by atoms with Crippen molar-refractivity contribution in [3.63, 3.8) is 0 Å². The van der Waals surface area contributed by atoms with Crippen molar-refractivity contribution in [3.05, 3.63) is 36.2 Å². The summed E-state index contributed by atoms with van der Waals surface area (Å²) in [5, 5.41) is 14.9. The summed E-state index contributed by atoms with van der Waals surface area (Å²) < 4.78 is 10.7. The van der Waals surface area contributed by atoms with E-state index in [4.69, 9.17) is 9.15 Å². The van der Waals surface area contributed by atoms with Gasteiger partial charge in [-0.3, -0.25) is 5.10 Å². The zero-order valence-electron chi connectivity index (χ0n) is 13.5. The lowest BCUT2D eigenvalue weighted by Crippen LogP contribution is -2.40. The van der Waals surface area contributed by atoms with Gasteiger partial charge in [-0.15, -0.1) is 0 Å². The molecule has 0 radical (unpaired) electrons. The number of aromatic nitrogens is 4. The Morgan fingerprint density at radius 1 is 1.20 bits per heavy atom. The van der Waals surface area contributed by atoms with E-state index in [1.54, 1.807) is 6.26 Å². The van der Waals surface area contributed by atoms with Crippen molar-refractivity contribution in [2.75, 3.05) is 23.8 Å². The van der Waals surface area contributed by atoms with Crippen LogP contribution in [0.5, 0.6) is 0 Å². The standard InChI is InChI=1S/C17H16N6O2/c1-9-12-3-2-10(6-14(12)23-22-9)19-17-20-13-4-5-25-15(13)16(21-17)18-11-7-24-8-11/h2-6,11H,7-8H2,1H3,(H,22,23)(H2,18,19,20,21). The third kappa shape index (κ3) is 2.47. The predicted octanol–water partition coefficient (Wildman–Crippen LogP) is 2.96. The van der Waals surface area contributed by atoms with E-state index in [1.807, 2.05) is 31.2 Å². The van der Waals surface area contributed by atoms with E-state index in [9.17, 15) is 0 Å². The summed E-state index contributed by atoms with van der Waals surface area (Å²) in [6.07, 6.45) is 1.62. The Kier molecular flexibility index (Phi) is 3.10. The van der Waals surface area contributed by atoms with Crippen LogP contribution < -0.4 is 10.6 Å². The van der Waals surface area contributed by atoms with E-state index in [-0.39, 0.29) is 6.04 Å². The van der Waals surface area contributed by atoms with Crippen molar-refractivity contribution in [3.8, 4) is 0 Å². The lowest BCUT2D eigenvalue weighted by Gasteiger charge is -2.27. The Hall–Kier alpha value is -3.13. The quantitative estimate of drug-likeness (QED) is 0.526. The predicted molar refractivity (Wildman–Crippen MR) is 94.1 cm³/mol. The minimum absolute atomic E-state index is 0.250. The molecule has 1 saturated heterocycles. The number of aromatic amines is 1. The van der Waals surface area contributed by atoms with Crippen molar-refractivity contribution < 1.29 is 9.15 Å². The van der Waals surface area contributed by atoms with Crippen molar-refractivity contribution in [1.82, 2.24) is 20.2 Å². The molecule has 25 heavy (non-hydrogen) atoms. The number of furan rings is 1. The van der Waals surface area contributed by atoms with E-state index in [2.05, 4.69) is 30.8 Å². The molecule has 1 aliphatic heterocycles. The van der Waals surface area contributed by atoms with Crippen LogP contribution >= 0.6 is 0 Å². The fraction of sp³-hybridized carbons (Fsp3) is 0.235. The zero-order chi connectivity index (χ0) is 16.8. The molecule has 8 heteroatoms. The zero-order valence-corrected chi connectivity index (χ0v) is 13.5. The first-order chi connectivity index (χ1) is 12.3. The summed E-state index contributed by atoms with van der Waals surface area (Å²) in [5.74, 6) is 1.18. The number of aryl methyl sites for hydroxylation is 1. The van der Waals surface area contributed by atoms with Crippen LogP contribution in [0.1, 0.15) is 5.69 Å². The van der Waals surface area contributed by atoms with Gasteiger partial charge >= 0.3 is 0 Å². The number of nitrogens with zero attached hydrogens (tertiary/aromatic N) is 3. The van der Waals surface area contributed by atoms with Gasteiger partial charge in [0.25, 0.3) is 0 Å². The van der Waals surface area contributed by atoms with E-state index in [0.717, 1.165) is 27.8 Å². The number of rotatable bonds is 4. The van der Waals surface area contributed by atoms with Gasteiger partial charge in [0.05, 0.1) is 36.7 Å². The number of hydrogen-bond donors (Lipinski definition) is 3. The summed E-state index contributed by atoms with van der Waals surface area (Å²) >= 11 is 0. The highest BCUT2D eigenvalue weighted by molar-refractivity contribution is 5.87. The van der Waals surface area contributed by atoms with Gasteiger partial charge in [0, 0.05) is 17.1 Å². The Morgan fingerprint density at radius 2 is 2.12 bits per heavy atom. The number of ether oxygens (including phenoxy) is 1. The van der Waals surface area contributed by atoms with Crippen molar-refractivity contribution in [2.45, 2.75) is 13.0 Å². The topological polar surface area (TPSA) is 101 Å². The lowest BCUT2D eigenvalue weighted by atomic mass is 10.2. The molecule has 8 nitrogen and oxygen atoms in total. The molecule has 0 amide bonds. The number of anilines is 3. The second-order valence-electron chi connectivity index (χ2n) is 6.10. The lowest BCUT2D eigenvalue weighted by molar-refractivity contribution is 0.0210. The molecule has 3 N–H and O–H groups in total. The maximum Gasteiger partial charge on any atom is 0.229 e. The van der Waals surface area contributed by atoms with Gasteiger partial charge in [-0.25, -0.2) is 4.98 Å². The Balaban J connectivity index is 1.50. The fourth-order valence-corrected chi connectivity index (χ4v) is 2.89. The first-order valence-electron chi connectivity index (χ1n) is 8.07. The van der Waals surface area contributed by atoms with Crippen molar-refractivity contribution in [1.29, 1.82) is 0 Å². The second kappa shape index (κ2) is 5.45. The number of H-pyrrole nitrogens is 1. The largest absolute Gasteiger partial charge is 0.459 e. The Morgan fingerprint density at radius 3 is 2.96 bits per heavy atom. The molecular weight excluding hydrogens is 320 g/mol. The van der Waals surface area contributed by atoms with Crippen LogP contribution in [-0.2, 0) is 4.74 Å². The summed E-state index contributed by atoms with van der Waals surface area (Å²) in [6.45, 7) is 3.32. The molecule has 0 aliphatic carbocycles. The summed E-state index contributed by atoms with van der Waals surface area (Å²) in [4.78, 5) is 9.08. The number of hydrogen-bond acceptors (Lipinski definition) is 7. The van der Waals surface area contributed by atoms with E-state index < -0.39 is 0 Å². The third-order valence-corrected chi connectivity index (χ3v) is 4.29. The normalized spacial score (nSPS) is 14.8. The second-order valence-corrected chi connectivity index (χ2v) is 6.10. The maximum absolute atomic E-state index is 5.51. The summed E-state index contributed by atoms with van der Waals surface area (Å²) in [5.41, 5.74) is 4.23. The van der Waals surface area contributed by atoms with Gasteiger partial charge in [0.2, 0.25) is 5.95 Å². The molecule has 0 spiro atoms. The van der Waals surface area contributed by atoms with Crippen LogP contribution in [0.2, 0.25) is 0 Å². The van der Waals surface area contributed by atoms with Gasteiger partial charge in [-0.05, 0) is 25.1 Å². The molecule has 126 valence electrons.